The highest BCUT2D eigenvalue weighted by atomic mass is 32.2. The maximum Gasteiger partial charge on any atom is 0.290 e. The molecule has 2 amide bonds. The number of hydrazine groups is 1. The van der Waals surface area contributed by atoms with Gasteiger partial charge in [0.05, 0.1) is 23.4 Å². The molecular formula is C22H22N4O5S. The van der Waals surface area contributed by atoms with E-state index in [1.165, 1.54) is 4.68 Å². The number of hydrogen-bond acceptors (Lipinski definition) is 6. The second-order valence-corrected chi connectivity index (χ2v) is 10.0. The highest BCUT2D eigenvalue weighted by Crippen LogP contribution is 2.21. The summed E-state index contributed by atoms with van der Waals surface area (Å²) in [6, 6.07) is 15.9. The Hall–Kier alpha value is -3.53. The van der Waals surface area contributed by atoms with Crippen molar-refractivity contribution in [2.24, 2.45) is 5.92 Å². The van der Waals surface area contributed by atoms with Crippen LogP contribution in [0.2, 0.25) is 0 Å². The molecule has 0 saturated carbocycles. The van der Waals surface area contributed by atoms with Crippen molar-refractivity contribution in [3.63, 3.8) is 0 Å². The Morgan fingerprint density at radius 2 is 1.69 bits per heavy atom. The van der Waals surface area contributed by atoms with Crippen LogP contribution in [0.3, 0.4) is 0 Å². The Morgan fingerprint density at radius 1 is 1.00 bits per heavy atom. The lowest BCUT2D eigenvalue weighted by Gasteiger charge is -2.13. The number of aromatic nitrogens is 2. The molecule has 1 unspecified atom stereocenters. The van der Waals surface area contributed by atoms with Crippen molar-refractivity contribution in [1.82, 2.24) is 20.6 Å². The number of amides is 2. The fraction of sp³-hybridized carbons (Fsp3) is 0.273. The van der Waals surface area contributed by atoms with Crippen molar-refractivity contribution in [3.8, 4) is 0 Å². The second kappa shape index (κ2) is 8.91. The minimum absolute atomic E-state index is 0.000115. The predicted octanol–water partition coefficient (Wildman–Crippen LogP) is 1.03. The van der Waals surface area contributed by atoms with Crippen molar-refractivity contribution in [2.75, 3.05) is 11.5 Å². The van der Waals surface area contributed by atoms with Crippen LogP contribution < -0.4 is 16.4 Å². The number of rotatable bonds is 5. The van der Waals surface area contributed by atoms with Crippen LogP contribution in [0.15, 0.2) is 59.4 Å². The monoisotopic (exact) mass is 454 g/mol. The van der Waals surface area contributed by atoms with Gasteiger partial charge in [0.15, 0.2) is 15.5 Å². The van der Waals surface area contributed by atoms with Gasteiger partial charge in [0.1, 0.15) is 0 Å². The number of nitrogens with one attached hydrogen (secondary N) is 2. The molecule has 10 heteroatoms. The molecule has 2 N–H and O–H groups in total. The summed E-state index contributed by atoms with van der Waals surface area (Å²) >= 11 is 0. The van der Waals surface area contributed by atoms with Crippen LogP contribution in [-0.2, 0) is 21.2 Å². The van der Waals surface area contributed by atoms with E-state index in [-0.39, 0.29) is 41.6 Å². The summed E-state index contributed by atoms with van der Waals surface area (Å²) in [5.74, 6) is -1.36. The van der Waals surface area contributed by atoms with Gasteiger partial charge in [-0.05, 0) is 24.0 Å². The lowest BCUT2D eigenvalue weighted by Crippen LogP contribution is -2.43. The standard InChI is InChI=1S/C22H22N4O5S/c27-19(12-16-10-11-32(30,31)14-16)23-24-21(28)20-17-8-4-5-9-18(17)22(29)26(25-20)13-15-6-2-1-3-7-15/h1-9,16H,10-14H2,(H,23,27)(H,24,28). The number of carbonyl (C=O) groups excluding carboxylic acids is 2. The van der Waals surface area contributed by atoms with E-state index < -0.39 is 21.7 Å². The van der Waals surface area contributed by atoms with Crippen LogP contribution in [0.1, 0.15) is 28.9 Å². The second-order valence-electron chi connectivity index (χ2n) is 7.82. The molecule has 3 aromatic rings. The molecule has 1 atom stereocenters. The van der Waals surface area contributed by atoms with Crippen LogP contribution in [-0.4, -0.2) is 41.5 Å². The van der Waals surface area contributed by atoms with Gasteiger partial charge >= 0.3 is 0 Å². The highest BCUT2D eigenvalue weighted by Gasteiger charge is 2.29. The molecule has 1 aliphatic rings. The van der Waals surface area contributed by atoms with Gasteiger partial charge in [-0.15, -0.1) is 0 Å². The molecule has 1 aliphatic heterocycles. The van der Waals surface area contributed by atoms with Crippen molar-refractivity contribution in [1.29, 1.82) is 0 Å². The van der Waals surface area contributed by atoms with E-state index in [1.807, 2.05) is 30.3 Å². The summed E-state index contributed by atoms with van der Waals surface area (Å²) in [5, 5.41) is 4.97. The summed E-state index contributed by atoms with van der Waals surface area (Å²) in [6.45, 7) is 0.188. The molecule has 0 radical (unpaired) electrons. The van der Waals surface area contributed by atoms with E-state index in [0.717, 1.165) is 5.56 Å². The van der Waals surface area contributed by atoms with Gasteiger partial charge in [-0.25, -0.2) is 13.1 Å². The van der Waals surface area contributed by atoms with Gasteiger partial charge in [-0.2, -0.15) is 5.10 Å². The first-order valence-electron chi connectivity index (χ1n) is 10.2. The van der Waals surface area contributed by atoms with Crippen molar-refractivity contribution in [2.45, 2.75) is 19.4 Å². The molecule has 4 rings (SSSR count). The minimum atomic E-state index is -3.08. The molecule has 0 spiro atoms. The molecule has 1 fully saturated rings. The molecule has 1 saturated heterocycles. The zero-order valence-electron chi connectivity index (χ0n) is 17.2. The number of sulfone groups is 1. The number of hydrogen-bond donors (Lipinski definition) is 2. The van der Waals surface area contributed by atoms with Crippen LogP contribution in [0.5, 0.6) is 0 Å². The van der Waals surface area contributed by atoms with Crippen LogP contribution in [0.25, 0.3) is 10.8 Å². The first kappa shape index (κ1) is 21.7. The van der Waals surface area contributed by atoms with Crippen molar-refractivity contribution < 1.29 is 18.0 Å². The molecule has 32 heavy (non-hydrogen) atoms. The minimum Gasteiger partial charge on any atom is -0.273 e. The fourth-order valence-corrected chi connectivity index (χ4v) is 5.66. The molecule has 166 valence electrons. The Balaban J connectivity index is 1.53. The lowest BCUT2D eigenvalue weighted by molar-refractivity contribution is -0.122. The molecular weight excluding hydrogens is 432 g/mol. The maximum absolute atomic E-state index is 12.9. The summed E-state index contributed by atoms with van der Waals surface area (Å²) < 4.78 is 24.3. The lowest BCUT2D eigenvalue weighted by atomic mass is 10.1. The van der Waals surface area contributed by atoms with Crippen molar-refractivity contribution >= 4 is 32.4 Å². The van der Waals surface area contributed by atoms with Crippen LogP contribution in [0, 0.1) is 5.92 Å². The fourth-order valence-electron chi connectivity index (χ4n) is 3.80. The Labute approximate surface area is 184 Å². The van der Waals surface area contributed by atoms with Gasteiger partial charge in [0.25, 0.3) is 11.5 Å². The average molecular weight is 455 g/mol. The Bertz CT molecular complexity index is 1340. The number of benzene rings is 2. The molecule has 9 nitrogen and oxygen atoms in total. The number of carbonyl (C=O) groups is 2. The molecule has 0 bridgehead atoms. The van der Waals surface area contributed by atoms with E-state index in [2.05, 4.69) is 16.0 Å². The van der Waals surface area contributed by atoms with Gasteiger partial charge in [-0.3, -0.25) is 25.2 Å². The topological polar surface area (TPSA) is 127 Å². The Morgan fingerprint density at radius 3 is 2.38 bits per heavy atom. The predicted molar refractivity (Wildman–Crippen MR) is 119 cm³/mol. The maximum atomic E-state index is 12.9. The van der Waals surface area contributed by atoms with E-state index in [4.69, 9.17) is 0 Å². The first-order chi connectivity index (χ1) is 15.3. The van der Waals surface area contributed by atoms with Crippen LogP contribution >= 0.6 is 0 Å². The third-order valence-corrected chi connectivity index (χ3v) is 7.21. The van der Waals surface area contributed by atoms with Gasteiger partial charge in [0, 0.05) is 11.8 Å². The SMILES string of the molecule is O=C(CC1CCS(=O)(=O)C1)NNC(=O)c1nn(Cc2ccccc2)c(=O)c2ccccc12. The van der Waals surface area contributed by atoms with Gasteiger partial charge in [0.2, 0.25) is 5.91 Å². The zero-order chi connectivity index (χ0) is 22.7. The quantitative estimate of drug-likeness (QED) is 0.555. The first-order valence-corrected chi connectivity index (χ1v) is 12.0. The van der Waals surface area contributed by atoms with Gasteiger partial charge < -0.3 is 0 Å². The normalized spacial score (nSPS) is 17.2. The number of nitrogens with zero attached hydrogens (tertiary/aromatic N) is 2. The largest absolute Gasteiger partial charge is 0.290 e. The van der Waals surface area contributed by atoms with Crippen molar-refractivity contribution in [3.05, 3.63) is 76.2 Å². The zero-order valence-corrected chi connectivity index (χ0v) is 18.0. The summed E-state index contributed by atoms with van der Waals surface area (Å²) in [6.07, 6.45) is 0.432. The smallest absolute Gasteiger partial charge is 0.273 e. The summed E-state index contributed by atoms with van der Waals surface area (Å²) in [5.41, 5.74) is 5.18. The third kappa shape index (κ3) is 4.86. The number of fused-ring (bicyclic) bond motifs is 1. The molecule has 0 aliphatic carbocycles. The van der Waals surface area contributed by atoms with E-state index >= 15 is 0 Å². The molecule has 2 heterocycles. The molecule has 2 aromatic carbocycles. The van der Waals surface area contributed by atoms with Crippen LogP contribution in [0.4, 0.5) is 0 Å². The summed E-state index contributed by atoms with van der Waals surface area (Å²) in [4.78, 5) is 37.9. The van der Waals surface area contributed by atoms with E-state index in [1.54, 1.807) is 24.3 Å². The molecule has 1 aromatic heterocycles. The average Bonchev–Trinajstić information content (AvgIpc) is 3.12. The third-order valence-electron chi connectivity index (χ3n) is 5.37. The van der Waals surface area contributed by atoms with E-state index in [0.29, 0.717) is 17.2 Å². The van der Waals surface area contributed by atoms with E-state index in [9.17, 15) is 22.8 Å². The summed E-state index contributed by atoms with van der Waals surface area (Å²) in [7, 11) is -3.08. The highest BCUT2D eigenvalue weighted by molar-refractivity contribution is 7.91. The van der Waals surface area contributed by atoms with Gasteiger partial charge in [-0.1, -0.05) is 48.5 Å². The Kier molecular flexibility index (Phi) is 6.04.